The first kappa shape index (κ1) is 15.3. The minimum Gasteiger partial charge on any atom is -0.384 e. The number of halogens is 3. The van der Waals surface area contributed by atoms with Gasteiger partial charge in [-0.05, 0) is 18.2 Å². The lowest BCUT2D eigenvalue weighted by Crippen LogP contribution is -2.24. The summed E-state index contributed by atoms with van der Waals surface area (Å²) in [6.45, 7) is -0.180. The molecular formula is C11H11F3N4O2S. The van der Waals surface area contributed by atoms with Crippen LogP contribution in [0.5, 0.6) is 0 Å². The Morgan fingerprint density at radius 1 is 1.33 bits per heavy atom. The van der Waals surface area contributed by atoms with Gasteiger partial charge in [0, 0.05) is 12.1 Å². The van der Waals surface area contributed by atoms with Crippen LogP contribution in [0, 0.1) is 0 Å². The lowest BCUT2D eigenvalue weighted by molar-refractivity contribution is -0.137. The Morgan fingerprint density at radius 3 is 2.62 bits per heavy atom. The fourth-order valence-corrected chi connectivity index (χ4v) is 2.61. The van der Waals surface area contributed by atoms with E-state index in [0.717, 1.165) is 18.2 Å². The zero-order valence-electron chi connectivity index (χ0n) is 10.5. The molecule has 21 heavy (non-hydrogen) atoms. The van der Waals surface area contributed by atoms with Crippen LogP contribution in [0.2, 0.25) is 0 Å². The molecule has 0 radical (unpaired) electrons. The number of hydrogen-bond acceptors (Lipinski definition) is 4. The van der Waals surface area contributed by atoms with Gasteiger partial charge in [-0.15, -0.1) is 0 Å². The second kappa shape index (κ2) is 5.37. The van der Waals surface area contributed by atoms with Crippen molar-refractivity contribution in [1.82, 2.24) is 14.9 Å². The maximum atomic E-state index is 12.6. The molecule has 0 atom stereocenters. The van der Waals surface area contributed by atoms with Crippen LogP contribution in [0.25, 0.3) is 0 Å². The van der Waals surface area contributed by atoms with E-state index in [1.807, 2.05) is 0 Å². The lowest BCUT2D eigenvalue weighted by atomic mass is 10.2. The highest BCUT2D eigenvalue weighted by Gasteiger charge is 2.31. The van der Waals surface area contributed by atoms with Crippen LogP contribution in [0.1, 0.15) is 11.1 Å². The van der Waals surface area contributed by atoms with Gasteiger partial charge < -0.3 is 5.73 Å². The molecule has 4 N–H and O–H groups in total. The Morgan fingerprint density at radius 2 is 2.05 bits per heavy atom. The number of alkyl halides is 3. The lowest BCUT2D eigenvalue weighted by Gasteiger charge is -2.10. The Hall–Kier alpha value is -2.07. The molecule has 1 aromatic carbocycles. The van der Waals surface area contributed by atoms with Crippen LogP contribution in [0.3, 0.4) is 0 Å². The maximum absolute atomic E-state index is 12.6. The average Bonchev–Trinajstić information content (AvgIpc) is 2.81. The molecule has 0 aliphatic heterocycles. The van der Waals surface area contributed by atoms with Gasteiger partial charge >= 0.3 is 6.18 Å². The molecule has 0 unspecified atom stereocenters. The van der Waals surface area contributed by atoms with Crippen molar-refractivity contribution in [2.24, 2.45) is 0 Å². The fraction of sp³-hybridized carbons (Fsp3) is 0.182. The third-order valence-corrected chi connectivity index (χ3v) is 4.07. The predicted molar refractivity (Wildman–Crippen MR) is 68.5 cm³/mol. The summed E-state index contributed by atoms with van der Waals surface area (Å²) in [5.74, 6) is 0.182. The van der Waals surface area contributed by atoms with Crippen LogP contribution < -0.4 is 10.5 Å². The van der Waals surface area contributed by atoms with Crippen LogP contribution in [-0.2, 0) is 22.7 Å². The Bertz CT molecular complexity index is 740. The topological polar surface area (TPSA) is 101 Å². The molecule has 0 spiro atoms. The van der Waals surface area contributed by atoms with E-state index >= 15 is 0 Å². The Balaban J connectivity index is 2.22. The van der Waals surface area contributed by atoms with E-state index in [2.05, 4.69) is 14.9 Å². The number of nitrogen functional groups attached to an aromatic ring is 1. The molecule has 1 aromatic heterocycles. The molecule has 0 aliphatic rings. The molecule has 0 saturated carbocycles. The zero-order valence-corrected chi connectivity index (χ0v) is 11.3. The number of nitrogens with two attached hydrogens (primary N) is 1. The van der Waals surface area contributed by atoms with E-state index in [-0.39, 0.29) is 12.4 Å². The number of benzene rings is 1. The number of rotatable bonds is 4. The zero-order chi connectivity index (χ0) is 15.7. The summed E-state index contributed by atoms with van der Waals surface area (Å²) >= 11 is 0. The van der Waals surface area contributed by atoms with Gasteiger partial charge in [0.1, 0.15) is 5.82 Å². The van der Waals surface area contributed by atoms with Gasteiger partial charge in [-0.2, -0.15) is 18.3 Å². The van der Waals surface area contributed by atoms with Gasteiger partial charge in [0.15, 0.2) is 0 Å². The average molecular weight is 320 g/mol. The number of anilines is 1. The molecule has 0 amide bonds. The van der Waals surface area contributed by atoms with Crippen molar-refractivity contribution < 1.29 is 21.6 Å². The first-order valence-corrected chi connectivity index (χ1v) is 7.13. The van der Waals surface area contributed by atoms with Crippen molar-refractivity contribution >= 4 is 15.8 Å². The highest BCUT2D eigenvalue weighted by atomic mass is 32.2. The summed E-state index contributed by atoms with van der Waals surface area (Å²) in [6, 6.07) is 3.48. The Labute approximate surface area is 118 Å². The second-order valence-corrected chi connectivity index (χ2v) is 5.93. The molecule has 6 nitrogen and oxygen atoms in total. The molecule has 114 valence electrons. The highest BCUT2D eigenvalue weighted by Crippen LogP contribution is 2.30. The summed E-state index contributed by atoms with van der Waals surface area (Å²) in [6.07, 6.45) is -3.29. The van der Waals surface area contributed by atoms with Crippen molar-refractivity contribution in [3.8, 4) is 0 Å². The molecule has 0 aliphatic carbocycles. The minimum atomic E-state index is -4.61. The number of aromatic amines is 1. The van der Waals surface area contributed by atoms with Crippen LogP contribution >= 0.6 is 0 Å². The number of hydrogen-bond donors (Lipinski definition) is 3. The first-order valence-electron chi connectivity index (χ1n) is 5.65. The SMILES string of the molecule is Nc1[nH]ncc1CNS(=O)(=O)c1cccc(C(F)(F)F)c1. The number of nitrogens with one attached hydrogen (secondary N) is 2. The summed E-state index contributed by atoms with van der Waals surface area (Å²) in [5.41, 5.74) is 4.85. The molecule has 0 fully saturated rings. The van der Waals surface area contributed by atoms with Gasteiger partial charge in [-0.1, -0.05) is 6.07 Å². The Kier molecular flexibility index (Phi) is 3.92. The minimum absolute atomic E-state index is 0.180. The van der Waals surface area contributed by atoms with Crippen molar-refractivity contribution in [2.45, 2.75) is 17.6 Å². The van der Waals surface area contributed by atoms with E-state index < -0.39 is 26.7 Å². The monoisotopic (exact) mass is 320 g/mol. The predicted octanol–water partition coefficient (Wildman–Crippen LogP) is 1.49. The van der Waals surface area contributed by atoms with E-state index in [9.17, 15) is 21.6 Å². The van der Waals surface area contributed by atoms with Crippen molar-refractivity contribution in [1.29, 1.82) is 0 Å². The summed E-state index contributed by atoms with van der Waals surface area (Å²) in [7, 11) is -4.08. The summed E-state index contributed by atoms with van der Waals surface area (Å²) in [4.78, 5) is -0.473. The normalized spacial score (nSPS) is 12.5. The highest BCUT2D eigenvalue weighted by molar-refractivity contribution is 7.89. The maximum Gasteiger partial charge on any atom is 0.416 e. The van der Waals surface area contributed by atoms with Crippen LogP contribution in [0.15, 0.2) is 35.4 Å². The van der Waals surface area contributed by atoms with Crippen molar-refractivity contribution in [3.63, 3.8) is 0 Å². The van der Waals surface area contributed by atoms with Gasteiger partial charge in [0.2, 0.25) is 10.0 Å². The standard InChI is InChI=1S/C11H11F3N4O2S/c12-11(13,14)8-2-1-3-9(4-8)21(19,20)17-6-7-5-16-18-10(7)15/h1-5,17H,6H2,(H3,15,16,18). The summed E-state index contributed by atoms with van der Waals surface area (Å²) in [5, 5.41) is 6.03. The largest absolute Gasteiger partial charge is 0.416 e. The smallest absolute Gasteiger partial charge is 0.384 e. The number of H-pyrrole nitrogens is 1. The fourth-order valence-electron chi connectivity index (χ4n) is 1.56. The first-order chi connectivity index (χ1) is 9.70. The number of nitrogens with zero attached hydrogens (tertiary/aromatic N) is 1. The molecule has 2 rings (SSSR count). The third-order valence-electron chi connectivity index (χ3n) is 2.68. The molecule has 2 aromatic rings. The van der Waals surface area contributed by atoms with E-state index in [1.54, 1.807) is 0 Å². The molecule has 0 saturated heterocycles. The quantitative estimate of drug-likeness (QED) is 0.794. The van der Waals surface area contributed by atoms with Crippen molar-refractivity contribution in [2.75, 3.05) is 5.73 Å². The molecule has 10 heteroatoms. The van der Waals surface area contributed by atoms with Gasteiger partial charge in [-0.25, -0.2) is 13.1 Å². The second-order valence-electron chi connectivity index (χ2n) is 4.16. The molecule has 0 bridgehead atoms. The van der Waals surface area contributed by atoms with Gasteiger partial charge in [-0.3, -0.25) is 5.10 Å². The van der Waals surface area contributed by atoms with Gasteiger partial charge in [0.05, 0.1) is 16.7 Å². The molecule has 1 heterocycles. The molecular weight excluding hydrogens is 309 g/mol. The third kappa shape index (κ3) is 3.52. The van der Waals surface area contributed by atoms with Crippen LogP contribution in [0.4, 0.5) is 19.0 Å². The number of aromatic nitrogens is 2. The van der Waals surface area contributed by atoms with E-state index in [4.69, 9.17) is 5.73 Å². The summed E-state index contributed by atoms with van der Waals surface area (Å²) < 4.78 is 63.8. The van der Waals surface area contributed by atoms with Crippen molar-refractivity contribution in [3.05, 3.63) is 41.6 Å². The van der Waals surface area contributed by atoms with E-state index in [0.29, 0.717) is 11.6 Å². The van der Waals surface area contributed by atoms with Crippen LogP contribution in [-0.4, -0.2) is 18.6 Å². The van der Waals surface area contributed by atoms with E-state index in [1.165, 1.54) is 6.20 Å². The number of sulfonamides is 1. The van der Waals surface area contributed by atoms with Gasteiger partial charge in [0.25, 0.3) is 0 Å².